The first kappa shape index (κ1) is 22.3. The Morgan fingerprint density at radius 3 is 2.66 bits per heavy atom. The van der Waals surface area contributed by atoms with Gasteiger partial charge in [-0.2, -0.15) is 0 Å². The molecule has 10 heteroatoms. The van der Waals surface area contributed by atoms with Gasteiger partial charge in [0.15, 0.2) is 0 Å². The van der Waals surface area contributed by atoms with Crippen LogP contribution in [0.15, 0.2) is 72.3 Å². The van der Waals surface area contributed by atoms with Crippen LogP contribution in [0.4, 0.5) is 5.69 Å². The van der Waals surface area contributed by atoms with Crippen LogP contribution >= 0.6 is 22.9 Å². The van der Waals surface area contributed by atoms with Crippen molar-refractivity contribution in [2.75, 3.05) is 18.0 Å². The van der Waals surface area contributed by atoms with Crippen LogP contribution in [0.25, 0.3) is 10.4 Å². The molecule has 2 aromatic heterocycles. The summed E-state index contributed by atoms with van der Waals surface area (Å²) in [6.45, 7) is 3.90. The van der Waals surface area contributed by atoms with Crippen LogP contribution in [0.2, 0.25) is 5.15 Å². The molecule has 1 aliphatic rings. The van der Waals surface area contributed by atoms with Gasteiger partial charge in [-0.05, 0) is 23.8 Å². The molecule has 3 aromatic rings. The summed E-state index contributed by atoms with van der Waals surface area (Å²) < 4.78 is 14.5. The standard InChI is InChI=1S/C22H18ClN3O4S2/c1-2-15-12-25(32(30)16-8-9-19(23)24-11-16)13-20(27)26(15)17-10-18(31-21(17)22(28)29)14-6-4-3-5-7-14/h2-11,15H,1,12-13H2,(H,28,29). The molecular weight excluding hydrogens is 470 g/mol. The van der Waals surface area contributed by atoms with Crippen molar-refractivity contribution in [1.29, 1.82) is 0 Å². The number of amides is 1. The monoisotopic (exact) mass is 487 g/mol. The molecule has 0 saturated carbocycles. The number of carboxylic acids is 1. The zero-order valence-electron chi connectivity index (χ0n) is 16.7. The third kappa shape index (κ3) is 4.37. The molecule has 0 bridgehead atoms. The average molecular weight is 488 g/mol. The Morgan fingerprint density at radius 2 is 2.03 bits per heavy atom. The largest absolute Gasteiger partial charge is 0.477 e. The number of halogens is 1. The molecule has 1 aliphatic heterocycles. The molecule has 0 radical (unpaired) electrons. The summed E-state index contributed by atoms with van der Waals surface area (Å²) in [4.78, 5) is 31.7. The summed E-state index contributed by atoms with van der Waals surface area (Å²) in [7, 11) is -1.63. The predicted molar refractivity (Wildman–Crippen MR) is 125 cm³/mol. The van der Waals surface area contributed by atoms with Crippen molar-refractivity contribution in [2.24, 2.45) is 0 Å². The number of piperazine rings is 1. The van der Waals surface area contributed by atoms with Crippen LogP contribution < -0.4 is 4.90 Å². The summed E-state index contributed by atoms with van der Waals surface area (Å²) in [6.07, 6.45) is 2.97. The number of carbonyl (C=O) groups excluding carboxylic acids is 1. The summed E-state index contributed by atoms with van der Waals surface area (Å²) in [5, 5.41) is 10.1. The van der Waals surface area contributed by atoms with Gasteiger partial charge in [-0.3, -0.25) is 4.79 Å². The van der Waals surface area contributed by atoms with E-state index in [1.165, 1.54) is 21.5 Å². The molecule has 2 atom stereocenters. The summed E-state index contributed by atoms with van der Waals surface area (Å²) in [6, 6.07) is 13.7. The minimum atomic E-state index is -1.63. The highest BCUT2D eigenvalue weighted by Gasteiger charge is 2.37. The van der Waals surface area contributed by atoms with Gasteiger partial charge in [-0.1, -0.05) is 48.0 Å². The molecule has 1 amide bonds. The Morgan fingerprint density at radius 1 is 1.28 bits per heavy atom. The fraction of sp³-hybridized carbons (Fsp3) is 0.136. The van der Waals surface area contributed by atoms with Crippen molar-refractivity contribution >= 4 is 51.5 Å². The Balaban J connectivity index is 1.66. The third-order valence-electron chi connectivity index (χ3n) is 4.94. The number of benzene rings is 1. The predicted octanol–water partition coefficient (Wildman–Crippen LogP) is 4.09. The van der Waals surface area contributed by atoms with E-state index in [4.69, 9.17) is 11.6 Å². The van der Waals surface area contributed by atoms with Crippen molar-refractivity contribution in [3.8, 4) is 10.4 Å². The first-order valence-electron chi connectivity index (χ1n) is 9.54. The van der Waals surface area contributed by atoms with Gasteiger partial charge < -0.3 is 10.0 Å². The molecule has 2 unspecified atom stereocenters. The van der Waals surface area contributed by atoms with Crippen LogP contribution in [0.5, 0.6) is 0 Å². The third-order valence-corrected chi connectivity index (χ3v) is 7.71. The lowest BCUT2D eigenvalue weighted by Gasteiger charge is -2.38. The molecule has 1 aromatic carbocycles. The summed E-state index contributed by atoms with van der Waals surface area (Å²) in [5.74, 6) is -1.47. The Kier molecular flexibility index (Phi) is 6.52. The molecule has 4 rings (SSSR count). The molecule has 1 N–H and O–H groups in total. The van der Waals surface area contributed by atoms with E-state index in [0.29, 0.717) is 10.6 Å². The number of carboxylic acid groups (broad SMARTS) is 1. The van der Waals surface area contributed by atoms with Crippen molar-refractivity contribution < 1.29 is 18.9 Å². The number of carbonyl (C=O) groups is 2. The van der Waals surface area contributed by atoms with Gasteiger partial charge in [0.1, 0.15) is 21.0 Å². The van der Waals surface area contributed by atoms with E-state index < -0.39 is 23.0 Å². The van der Waals surface area contributed by atoms with Crippen LogP contribution in [-0.2, 0) is 15.8 Å². The van der Waals surface area contributed by atoms with Gasteiger partial charge >= 0.3 is 5.97 Å². The first-order chi connectivity index (χ1) is 15.4. The highest BCUT2D eigenvalue weighted by atomic mass is 35.5. The number of anilines is 1. The molecule has 1 saturated heterocycles. The van der Waals surface area contributed by atoms with Crippen molar-refractivity contribution in [3.05, 3.63) is 77.4 Å². The lowest BCUT2D eigenvalue weighted by molar-refractivity contribution is -0.120. The number of thiophene rings is 1. The molecular formula is C22H18ClN3O4S2. The maximum atomic E-state index is 13.2. The van der Waals surface area contributed by atoms with Crippen molar-refractivity contribution in [2.45, 2.75) is 10.9 Å². The smallest absolute Gasteiger partial charge is 0.348 e. The number of hydrogen-bond donors (Lipinski definition) is 1. The van der Waals surface area contributed by atoms with Crippen molar-refractivity contribution in [1.82, 2.24) is 9.29 Å². The van der Waals surface area contributed by atoms with Gasteiger partial charge in [0.2, 0.25) is 5.91 Å². The van der Waals surface area contributed by atoms with E-state index in [1.54, 1.807) is 18.2 Å². The van der Waals surface area contributed by atoms with Crippen LogP contribution in [-0.4, -0.2) is 49.6 Å². The highest BCUT2D eigenvalue weighted by molar-refractivity contribution is 7.82. The second-order valence-corrected chi connectivity index (χ2v) is 9.88. The average Bonchev–Trinajstić information content (AvgIpc) is 3.24. The normalized spacial score (nSPS) is 17.8. The maximum absolute atomic E-state index is 13.2. The number of nitrogens with zero attached hydrogens (tertiary/aromatic N) is 3. The molecule has 1 fully saturated rings. The maximum Gasteiger partial charge on any atom is 0.348 e. The Bertz CT molecular complexity index is 1200. The minimum Gasteiger partial charge on any atom is -0.477 e. The quantitative estimate of drug-likeness (QED) is 0.417. The Labute approximate surface area is 196 Å². The van der Waals surface area contributed by atoms with Gasteiger partial charge in [0.25, 0.3) is 0 Å². The van der Waals surface area contributed by atoms with E-state index >= 15 is 0 Å². The highest BCUT2D eigenvalue weighted by Crippen LogP contribution is 2.39. The van der Waals surface area contributed by atoms with Gasteiger partial charge in [-0.25, -0.2) is 18.3 Å². The van der Waals surface area contributed by atoms with Gasteiger partial charge in [0.05, 0.1) is 23.2 Å². The fourth-order valence-electron chi connectivity index (χ4n) is 3.46. The van der Waals surface area contributed by atoms with Crippen LogP contribution in [0.3, 0.4) is 0 Å². The number of aromatic carboxylic acids is 1. The van der Waals surface area contributed by atoms with Gasteiger partial charge in [0, 0.05) is 17.6 Å². The van der Waals surface area contributed by atoms with Crippen LogP contribution in [0.1, 0.15) is 9.67 Å². The summed E-state index contributed by atoms with van der Waals surface area (Å²) in [5.41, 5.74) is 1.18. The van der Waals surface area contributed by atoms with Crippen LogP contribution in [0, 0.1) is 0 Å². The Hall–Kier alpha value is -2.85. The summed E-state index contributed by atoms with van der Waals surface area (Å²) >= 11 is 6.91. The zero-order valence-corrected chi connectivity index (χ0v) is 19.1. The van der Waals surface area contributed by atoms with E-state index in [1.807, 2.05) is 30.3 Å². The van der Waals surface area contributed by atoms with E-state index in [0.717, 1.165) is 21.8 Å². The minimum absolute atomic E-state index is 0.0699. The second kappa shape index (κ2) is 9.33. The molecule has 164 valence electrons. The van der Waals surface area contributed by atoms with E-state index in [2.05, 4.69) is 11.6 Å². The zero-order chi connectivity index (χ0) is 22.8. The molecule has 7 nitrogen and oxygen atoms in total. The molecule has 0 aliphatic carbocycles. The second-order valence-electron chi connectivity index (χ2n) is 6.95. The van der Waals surface area contributed by atoms with Gasteiger partial charge in [-0.15, -0.1) is 17.9 Å². The molecule has 0 spiro atoms. The molecule has 3 heterocycles. The number of pyridine rings is 1. The van der Waals surface area contributed by atoms with E-state index in [-0.39, 0.29) is 29.0 Å². The fourth-order valence-corrected chi connectivity index (χ4v) is 5.71. The van der Waals surface area contributed by atoms with E-state index in [9.17, 15) is 18.9 Å². The number of aromatic nitrogens is 1. The molecule has 32 heavy (non-hydrogen) atoms. The lowest BCUT2D eigenvalue weighted by atomic mass is 10.1. The number of rotatable bonds is 6. The topological polar surface area (TPSA) is 90.8 Å². The van der Waals surface area contributed by atoms with Crippen molar-refractivity contribution in [3.63, 3.8) is 0 Å². The number of hydrogen-bond acceptors (Lipinski definition) is 5. The lowest BCUT2D eigenvalue weighted by Crippen LogP contribution is -2.56. The first-order valence-corrected chi connectivity index (χ1v) is 11.8. The SMILES string of the molecule is C=CC1CN(S(=O)c2ccc(Cl)nc2)CC(=O)N1c1cc(-c2ccccc2)sc1C(=O)O.